The second-order valence-electron chi connectivity index (χ2n) is 3.58. The Bertz CT molecular complexity index is 404. The van der Waals surface area contributed by atoms with E-state index in [4.69, 9.17) is 9.84 Å². The molecule has 1 saturated heterocycles. The molecule has 0 saturated carbocycles. The van der Waals surface area contributed by atoms with Crippen molar-refractivity contribution in [2.45, 2.75) is 12.6 Å². The first-order valence-corrected chi connectivity index (χ1v) is 4.89. The monoisotopic (exact) mass is 221 g/mol. The Morgan fingerprint density at radius 3 is 2.69 bits per heavy atom. The summed E-state index contributed by atoms with van der Waals surface area (Å²) >= 11 is 0. The van der Waals surface area contributed by atoms with Gasteiger partial charge in [0, 0.05) is 6.54 Å². The second-order valence-corrected chi connectivity index (χ2v) is 3.58. The fourth-order valence-corrected chi connectivity index (χ4v) is 1.57. The molecule has 0 bridgehead atoms. The number of aliphatic carboxylic acids is 1. The molecular formula is C11H11NO4. The van der Waals surface area contributed by atoms with Crippen molar-refractivity contribution < 1.29 is 19.4 Å². The summed E-state index contributed by atoms with van der Waals surface area (Å²) in [6.45, 7) is 0.479. The molecule has 16 heavy (non-hydrogen) atoms. The Labute approximate surface area is 92.2 Å². The molecule has 1 aromatic rings. The molecule has 1 aromatic carbocycles. The maximum Gasteiger partial charge on any atom is 0.411 e. The molecule has 1 aliphatic rings. The minimum atomic E-state index is -1.11. The third-order valence-electron chi connectivity index (χ3n) is 2.38. The predicted octanol–water partition coefficient (Wildman–Crippen LogP) is 1.09. The molecule has 1 N–H and O–H groups in total. The van der Waals surface area contributed by atoms with Crippen LogP contribution in [0.5, 0.6) is 0 Å². The standard InChI is InChI=1S/C11H11NO4/c13-10(14)9-7-12(11(15)16-9)6-8-4-2-1-3-5-8/h1-5,9H,6-7H2,(H,13,14)/t9-/m1/s1. The van der Waals surface area contributed by atoms with E-state index in [9.17, 15) is 9.59 Å². The van der Waals surface area contributed by atoms with Crippen molar-refractivity contribution in [3.8, 4) is 0 Å². The molecule has 1 aliphatic heterocycles. The van der Waals surface area contributed by atoms with Gasteiger partial charge in [0.25, 0.3) is 0 Å². The molecular weight excluding hydrogens is 210 g/mol. The van der Waals surface area contributed by atoms with E-state index in [1.807, 2.05) is 30.3 Å². The third-order valence-corrected chi connectivity index (χ3v) is 2.38. The summed E-state index contributed by atoms with van der Waals surface area (Å²) < 4.78 is 4.70. The Hall–Kier alpha value is -2.04. The van der Waals surface area contributed by atoms with Gasteiger partial charge in [-0.1, -0.05) is 30.3 Å². The highest BCUT2D eigenvalue weighted by atomic mass is 16.6. The number of amides is 1. The Kier molecular flexibility index (Phi) is 2.76. The maximum absolute atomic E-state index is 11.3. The van der Waals surface area contributed by atoms with Crippen LogP contribution in [0.4, 0.5) is 4.79 Å². The number of carboxylic acids is 1. The topological polar surface area (TPSA) is 66.8 Å². The largest absolute Gasteiger partial charge is 0.478 e. The van der Waals surface area contributed by atoms with E-state index in [1.165, 1.54) is 4.90 Å². The molecule has 0 spiro atoms. The van der Waals surface area contributed by atoms with Gasteiger partial charge in [-0.3, -0.25) is 4.90 Å². The van der Waals surface area contributed by atoms with Crippen molar-refractivity contribution in [3.63, 3.8) is 0 Å². The number of cyclic esters (lactones) is 1. The van der Waals surface area contributed by atoms with Crippen LogP contribution in [0.1, 0.15) is 5.56 Å². The van der Waals surface area contributed by atoms with E-state index in [2.05, 4.69) is 0 Å². The number of ether oxygens (including phenoxy) is 1. The van der Waals surface area contributed by atoms with Gasteiger partial charge < -0.3 is 9.84 Å². The molecule has 0 aliphatic carbocycles. The lowest BCUT2D eigenvalue weighted by Gasteiger charge is -2.11. The second kappa shape index (κ2) is 4.22. The van der Waals surface area contributed by atoms with Crippen LogP contribution >= 0.6 is 0 Å². The van der Waals surface area contributed by atoms with Gasteiger partial charge in [0.2, 0.25) is 6.10 Å². The highest BCUT2D eigenvalue weighted by Gasteiger charge is 2.35. The van der Waals surface area contributed by atoms with Crippen molar-refractivity contribution in [3.05, 3.63) is 35.9 Å². The number of hydrogen-bond acceptors (Lipinski definition) is 3. The lowest BCUT2D eigenvalue weighted by atomic mass is 10.2. The fraction of sp³-hybridized carbons (Fsp3) is 0.273. The zero-order chi connectivity index (χ0) is 11.5. The molecule has 1 heterocycles. The summed E-state index contributed by atoms with van der Waals surface area (Å²) in [5, 5.41) is 8.71. The van der Waals surface area contributed by atoms with Crippen LogP contribution in [-0.4, -0.2) is 34.7 Å². The van der Waals surface area contributed by atoms with Gasteiger partial charge in [0.15, 0.2) is 0 Å². The average Bonchev–Trinajstić information content (AvgIpc) is 2.62. The van der Waals surface area contributed by atoms with Crippen LogP contribution in [0.2, 0.25) is 0 Å². The number of carbonyl (C=O) groups is 2. The van der Waals surface area contributed by atoms with Gasteiger partial charge in [-0.05, 0) is 5.56 Å². The first-order valence-electron chi connectivity index (χ1n) is 4.89. The van der Waals surface area contributed by atoms with Crippen LogP contribution in [0.3, 0.4) is 0 Å². The predicted molar refractivity (Wildman–Crippen MR) is 54.8 cm³/mol. The Balaban J connectivity index is 2.02. The molecule has 0 unspecified atom stereocenters. The van der Waals surface area contributed by atoms with Crippen molar-refractivity contribution in [1.29, 1.82) is 0 Å². The maximum atomic E-state index is 11.3. The van der Waals surface area contributed by atoms with Crippen LogP contribution in [-0.2, 0) is 16.1 Å². The van der Waals surface area contributed by atoms with Crippen LogP contribution in [0.25, 0.3) is 0 Å². The zero-order valence-electron chi connectivity index (χ0n) is 8.50. The average molecular weight is 221 g/mol. The van der Waals surface area contributed by atoms with Crippen molar-refractivity contribution in [2.75, 3.05) is 6.54 Å². The Morgan fingerprint density at radius 1 is 1.44 bits per heavy atom. The molecule has 5 nitrogen and oxygen atoms in total. The molecule has 5 heteroatoms. The fourth-order valence-electron chi connectivity index (χ4n) is 1.57. The summed E-state index contributed by atoms with van der Waals surface area (Å²) in [6, 6.07) is 9.37. The van der Waals surface area contributed by atoms with Gasteiger partial charge in [-0.2, -0.15) is 0 Å². The van der Waals surface area contributed by atoms with Crippen molar-refractivity contribution in [1.82, 2.24) is 4.90 Å². The number of carboxylic acid groups (broad SMARTS) is 1. The normalized spacial score (nSPS) is 19.6. The van der Waals surface area contributed by atoms with E-state index in [0.29, 0.717) is 6.54 Å². The number of hydrogen-bond donors (Lipinski definition) is 1. The minimum absolute atomic E-state index is 0.100. The highest BCUT2D eigenvalue weighted by molar-refractivity contribution is 5.81. The first-order chi connectivity index (χ1) is 7.66. The molecule has 1 fully saturated rings. The van der Waals surface area contributed by atoms with Crippen LogP contribution in [0.15, 0.2) is 30.3 Å². The lowest BCUT2D eigenvalue weighted by molar-refractivity contribution is -0.144. The summed E-state index contributed by atoms with van der Waals surface area (Å²) in [6.07, 6.45) is -1.62. The van der Waals surface area contributed by atoms with E-state index < -0.39 is 18.2 Å². The summed E-state index contributed by atoms with van der Waals surface area (Å²) in [5.74, 6) is -1.11. The van der Waals surface area contributed by atoms with Crippen LogP contribution < -0.4 is 0 Å². The van der Waals surface area contributed by atoms with Gasteiger partial charge in [-0.15, -0.1) is 0 Å². The Morgan fingerprint density at radius 2 is 2.12 bits per heavy atom. The van der Waals surface area contributed by atoms with Crippen molar-refractivity contribution in [2.24, 2.45) is 0 Å². The van der Waals surface area contributed by atoms with Crippen molar-refractivity contribution >= 4 is 12.1 Å². The molecule has 1 amide bonds. The smallest absolute Gasteiger partial charge is 0.411 e. The van der Waals surface area contributed by atoms with E-state index in [-0.39, 0.29) is 6.54 Å². The first kappa shape index (κ1) is 10.5. The lowest BCUT2D eigenvalue weighted by Crippen LogP contribution is -2.27. The number of carbonyl (C=O) groups excluding carboxylic acids is 1. The van der Waals surface area contributed by atoms with Crippen LogP contribution in [0, 0.1) is 0 Å². The zero-order valence-corrected chi connectivity index (χ0v) is 8.50. The number of rotatable bonds is 3. The molecule has 0 radical (unpaired) electrons. The highest BCUT2D eigenvalue weighted by Crippen LogP contribution is 2.14. The molecule has 2 rings (SSSR count). The van der Waals surface area contributed by atoms with Gasteiger partial charge in [-0.25, -0.2) is 9.59 Å². The van der Waals surface area contributed by atoms with Gasteiger partial charge >= 0.3 is 12.1 Å². The summed E-state index contributed by atoms with van der Waals surface area (Å²) in [5.41, 5.74) is 0.950. The minimum Gasteiger partial charge on any atom is -0.478 e. The summed E-state index contributed by atoms with van der Waals surface area (Å²) in [7, 11) is 0. The summed E-state index contributed by atoms with van der Waals surface area (Å²) in [4.78, 5) is 23.4. The van der Waals surface area contributed by atoms with Gasteiger partial charge in [0.05, 0.1) is 6.54 Å². The molecule has 0 aromatic heterocycles. The van der Waals surface area contributed by atoms with Gasteiger partial charge in [0.1, 0.15) is 0 Å². The third kappa shape index (κ3) is 2.13. The van der Waals surface area contributed by atoms with E-state index in [0.717, 1.165) is 5.56 Å². The molecule has 84 valence electrons. The SMILES string of the molecule is O=C(O)[C@H]1CN(Cc2ccccc2)C(=O)O1. The van der Waals surface area contributed by atoms with E-state index in [1.54, 1.807) is 0 Å². The molecule has 1 atom stereocenters. The van der Waals surface area contributed by atoms with E-state index >= 15 is 0 Å². The number of nitrogens with zero attached hydrogens (tertiary/aromatic N) is 1. The quantitative estimate of drug-likeness (QED) is 0.829. The number of benzene rings is 1.